The SMILES string of the molecule is COc1ccc2[nH]cc(C(NCc3ccc(C=NN)cc3)C(=O)NCC(=O)NCc3cccnc3)c2c1. The van der Waals surface area contributed by atoms with Gasteiger partial charge in [-0.2, -0.15) is 5.10 Å². The summed E-state index contributed by atoms with van der Waals surface area (Å²) in [5, 5.41) is 13.3. The second-order valence-corrected chi connectivity index (χ2v) is 8.35. The lowest BCUT2D eigenvalue weighted by molar-refractivity contribution is -0.127. The largest absolute Gasteiger partial charge is 0.497 e. The van der Waals surface area contributed by atoms with Crippen LogP contribution in [0.25, 0.3) is 10.9 Å². The molecule has 0 aliphatic heterocycles. The number of hydrogen-bond donors (Lipinski definition) is 5. The van der Waals surface area contributed by atoms with Gasteiger partial charge in [0.05, 0.1) is 19.9 Å². The molecule has 190 valence electrons. The van der Waals surface area contributed by atoms with Gasteiger partial charge in [0.1, 0.15) is 11.8 Å². The molecule has 2 aromatic heterocycles. The first-order valence-electron chi connectivity index (χ1n) is 11.7. The standard InChI is InChI=1S/C27H29N7O3/c1-37-21-8-9-24-22(11-21)23(16-30-24)26(32-13-18-4-6-19(7-5-18)15-34-28)27(36)33-17-25(35)31-14-20-3-2-10-29-12-20/h2-12,15-16,26,30,32H,13-14,17,28H2,1H3,(H,31,35)(H,33,36). The van der Waals surface area contributed by atoms with Gasteiger partial charge >= 0.3 is 0 Å². The molecule has 0 radical (unpaired) electrons. The number of hydrazone groups is 1. The maximum Gasteiger partial charge on any atom is 0.242 e. The highest BCUT2D eigenvalue weighted by Crippen LogP contribution is 2.28. The quantitative estimate of drug-likeness (QED) is 0.121. The molecule has 0 saturated heterocycles. The van der Waals surface area contributed by atoms with E-state index in [1.165, 1.54) is 0 Å². The molecule has 37 heavy (non-hydrogen) atoms. The number of ether oxygens (including phenoxy) is 1. The van der Waals surface area contributed by atoms with Gasteiger partial charge in [-0.25, -0.2) is 0 Å². The molecule has 4 aromatic rings. The fraction of sp³-hybridized carbons (Fsp3) is 0.185. The Morgan fingerprint density at radius 1 is 1.11 bits per heavy atom. The van der Waals surface area contributed by atoms with Crippen LogP contribution < -0.4 is 26.5 Å². The van der Waals surface area contributed by atoms with Crippen molar-refractivity contribution in [3.63, 3.8) is 0 Å². The van der Waals surface area contributed by atoms with Gasteiger partial charge in [-0.15, -0.1) is 0 Å². The van der Waals surface area contributed by atoms with Crippen molar-refractivity contribution >= 4 is 28.9 Å². The van der Waals surface area contributed by atoms with Crippen molar-refractivity contribution in [2.24, 2.45) is 10.9 Å². The van der Waals surface area contributed by atoms with Crippen LogP contribution in [-0.2, 0) is 22.7 Å². The van der Waals surface area contributed by atoms with Crippen molar-refractivity contribution in [3.05, 3.63) is 95.4 Å². The summed E-state index contributed by atoms with van der Waals surface area (Å²) in [6.45, 7) is 0.593. The van der Waals surface area contributed by atoms with E-state index in [-0.39, 0.29) is 18.4 Å². The number of benzene rings is 2. The third-order valence-corrected chi connectivity index (χ3v) is 5.84. The van der Waals surface area contributed by atoms with Crippen LogP contribution >= 0.6 is 0 Å². The van der Waals surface area contributed by atoms with E-state index in [2.05, 4.69) is 31.0 Å². The summed E-state index contributed by atoms with van der Waals surface area (Å²) in [7, 11) is 1.60. The highest BCUT2D eigenvalue weighted by Gasteiger charge is 2.24. The van der Waals surface area contributed by atoms with E-state index < -0.39 is 6.04 Å². The number of methoxy groups -OCH3 is 1. The van der Waals surface area contributed by atoms with Crippen molar-refractivity contribution in [2.45, 2.75) is 19.1 Å². The van der Waals surface area contributed by atoms with Crippen LogP contribution in [0.3, 0.4) is 0 Å². The number of H-pyrrole nitrogens is 1. The molecule has 0 bridgehead atoms. The van der Waals surface area contributed by atoms with Crippen LogP contribution in [0.5, 0.6) is 5.75 Å². The van der Waals surface area contributed by atoms with Crippen LogP contribution in [0, 0.1) is 0 Å². The fourth-order valence-corrected chi connectivity index (χ4v) is 3.89. The topological polar surface area (TPSA) is 147 Å². The normalized spacial score (nSPS) is 11.9. The van der Waals surface area contributed by atoms with Crippen molar-refractivity contribution in [3.8, 4) is 5.75 Å². The Morgan fingerprint density at radius 3 is 2.68 bits per heavy atom. The van der Waals surface area contributed by atoms with Gasteiger partial charge < -0.3 is 26.2 Å². The number of aromatic amines is 1. The zero-order valence-electron chi connectivity index (χ0n) is 20.4. The molecule has 0 aliphatic carbocycles. The zero-order chi connectivity index (χ0) is 26.0. The predicted molar refractivity (Wildman–Crippen MR) is 142 cm³/mol. The maximum atomic E-state index is 13.3. The van der Waals surface area contributed by atoms with E-state index in [1.54, 1.807) is 38.0 Å². The number of pyridine rings is 1. The molecule has 1 atom stereocenters. The Labute approximate surface area is 214 Å². The number of hydrogen-bond acceptors (Lipinski definition) is 7. The molecule has 0 spiro atoms. The summed E-state index contributed by atoms with van der Waals surface area (Å²) in [6, 6.07) is 16.2. The first-order chi connectivity index (χ1) is 18.1. The van der Waals surface area contributed by atoms with Gasteiger partial charge in [0, 0.05) is 48.1 Å². The molecule has 1 unspecified atom stereocenters. The van der Waals surface area contributed by atoms with Gasteiger partial charge in [0.15, 0.2) is 0 Å². The van der Waals surface area contributed by atoms with E-state index in [0.717, 1.165) is 33.2 Å². The molecule has 2 heterocycles. The molecular formula is C27H29N7O3. The third kappa shape index (κ3) is 6.71. The van der Waals surface area contributed by atoms with Gasteiger partial charge in [0.2, 0.25) is 11.8 Å². The average Bonchev–Trinajstić information content (AvgIpc) is 3.35. The second kappa shape index (κ2) is 12.3. The predicted octanol–water partition coefficient (Wildman–Crippen LogP) is 2.13. The number of carbonyl (C=O) groups excluding carboxylic acids is 2. The number of aromatic nitrogens is 2. The number of nitrogens with zero attached hydrogens (tertiary/aromatic N) is 2. The van der Waals surface area contributed by atoms with Gasteiger partial charge in [-0.3, -0.25) is 19.9 Å². The molecule has 2 aromatic carbocycles. The summed E-state index contributed by atoms with van der Waals surface area (Å²) in [5.74, 6) is 5.27. The smallest absolute Gasteiger partial charge is 0.242 e. The summed E-state index contributed by atoms with van der Waals surface area (Å²) in [6.07, 6.45) is 6.71. The van der Waals surface area contributed by atoms with Gasteiger partial charge in [0.25, 0.3) is 0 Å². The van der Waals surface area contributed by atoms with Gasteiger partial charge in [-0.05, 0) is 41.0 Å². The van der Waals surface area contributed by atoms with Crippen LogP contribution in [-0.4, -0.2) is 41.7 Å². The average molecular weight is 500 g/mol. The maximum absolute atomic E-state index is 13.3. The molecule has 2 amide bonds. The lowest BCUT2D eigenvalue weighted by Gasteiger charge is -2.19. The first-order valence-corrected chi connectivity index (χ1v) is 11.7. The Bertz CT molecular complexity index is 1370. The molecule has 10 nitrogen and oxygen atoms in total. The van der Waals surface area contributed by atoms with E-state index in [1.807, 2.05) is 48.5 Å². The van der Waals surface area contributed by atoms with E-state index in [0.29, 0.717) is 18.8 Å². The molecule has 0 fully saturated rings. The minimum absolute atomic E-state index is 0.157. The summed E-state index contributed by atoms with van der Waals surface area (Å²) in [5.41, 5.74) is 4.34. The van der Waals surface area contributed by atoms with Gasteiger partial charge in [-0.1, -0.05) is 30.3 Å². The number of rotatable bonds is 11. The van der Waals surface area contributed by atoms with Crippen LogP contribution in [0.2, 0.25) is 0 Å². The fourth-order valence-electron chi connectivity index (χ4n) is 3.89. The highest BCUT2D eigenvalue weighted by atomic mass is 16.5. The van der Waals surface area contributed by atoms with E-state index in [9.17, 15) is 9.59 Å². The van der Waals surface area contributed by atoms with Crippen LogP contribution in [0.15, 0.2) is 78.3 Å². The second-order valence-electron chi connectivity index (χ2n) is 8.35. The lowest BCUT2D eigenvalue weighted by Crippen LogP contribution is -2.42. The number of nitrogens with two attached hydrogens (primary N) is 1. The summed E-state index contributed by atoms with van der Waals surface area (Å²) < 4.78 is 5.38. The van der Waals surface area contributed by atoms with E-state index in [4.69, 9.17) is 10.6 Å². The van der Waals surface area contributed by atoms with Crippen molar-refractivity contribution < 1.29 is 14.3 Å². The third-order valence-electron chi connectivity index (χ3n) is 5.84. The molecule has 0 aliphatic rings. The number of nitrogens with one attached hydrogen (secondary N) is 4. The Balaban J connectivity index is 1.48. The van der Waals surface area contributed by atoms with Crippen molar-refractivity contribution in [2.75, 3.05) is 13.7 Å². The van der Waals surface area contributed by atoms with E-state index >= 15 is 0 Å². The molecule has 6 N–H and O–H groups in total. The molecular weight excluding hydrogens is 470 g/mol. The number of carbonyl (C=O) groups is 2. The lowest BCUT2D eigenvalue weighted by atomic mass is 10.0. The van der Waals surface area contributed by atoms with Crippen molar-refractivity contribution in [1.82, 2.24) is 25.9 Å². The van der Waals surface area contributed by atoms with Crippen molar-refractivity contribution in [1.29, 1.82) is 0 Å². The Kier molecular flexibility index (Phi) is 8.45. The Morgan fingerprint density at radius 2 is 1.95 bits per heavy atom. The molecule has 10 heteroatoms. The number of fused-ring (bicyclic) bond motifs is 1. The molecule has 0 saturated carbocycles. The zero-order valence-corrected chi connectivity index (χ0v) is 20.4. The summed E-state index contributed by atoms with van der Waals surface area (Å²) in [4.78, 5) is 33.0. The minimum Gasteiger partial charge on any atom is -0.497 e. The van der Waals surface area contributed by atoms with Crippen LogP contribution in [0.4, 0.5) is 0 Å². The monoisotopic (exact) mass is 499 g/mol. The Hall–Kier alpha value is -4.70. The number of amides is 2. The summed E-state index contributed by atoms with van der Waals surface area (Å²) >= 11 is 0. The minimum atomic E-state index is -0.725. The highest BCUT2D eigenvalue weighted by molar-refractivity contribution is 5.94. The first kappa shape index (κ1) is 25.4. The molecule has 4 rings (SSSR count). The van der Waals surface area contributed by atoms with Crippen LogP contribution in [0.1, 0.15) is 28.3 Å².